The summed E-state index contributed by atoms with van der Waals surface area (Å²) in [5, 5.41) is 0. The molecule has 1 aromatic heterocycles. The summed E-state index contributed by atoms with van der Waals surface area (Å²) in [6.45, 7) is 4.56. The maximum atomic E-state index is 4.70. The fourth-order valence-electron chi connectivity index (χ4n) is 5.06. The van der Waals surface area contributed by atoms with Gasteiger partial charge in [0, 0.05) is 11.8 Å². The summed E-state index contributed by atoms with van der Waals surface area (Å²) >= 11 is 0. The van der Waals surface area contributed by atoms with Crippen LogP contribution in [0.5, 0.6) is 0 Å². The van der Waals surface area contributed by atoms with Gasteiger partial charge in [0.1, 0.15) is 0 Å². The van der Waals surface area contributed by atoms with Crippen LogP contribution in [-0.4, -0.2) is 4.98 Å². The van der Waals surface area contributed by atoms with Crippen molar-refractivity contribution in [3.63, 3.8) is 0 Å². The van der Waals surface area contributed by atoms with Crippen molar-refractivity contribution < 1.29 is 0 Å². The Morgan fingerprint density at radius 2 is 1.50 bits per heavy atom. The fraction of sp³-hybridized carbons (Fsp3) is 0.581. The van der Waals surface area contributed by atoms with E-state index in [4.69, 9.17) is 4.98 Å². The van der Waals surface area contributed by atoms with E-state index in [0.29, 0.717) is 0 Å². The number of hydrogen-bond donors (Lipinski definition) is 0. The van der Waals surface area contributed by atoms with Crippen LogP contribution in [0.15, 0.2) is 54.7 Å². The monoisotopic (exact) mass is 431 g/mol. The van der Waals surface area contributed by atoms with E-state index in [1.165, 1.54) is 87.3 Å². The van der Waals surface area contributed by atoms with Gasteiger partial charge in [-0.3, -0.25) is 4.98 Å². The lowest BCUT2D eigenvalue weighted by atomic mass is 9.79. The topological polar surface area (TPSA) is 12.9 Å². The van der Waals surface area contributed by atoms with Gasteiger partial charge < -0.3 is 0 Å². The van der Waals surface area contributed by atoms with Crippen molar-refractivity contribution in [3.8, 4) is 11.3 Å². The third kappa shape index (κ3) is 8.57. The predicted octanol–water partition coefficient (Wildman–Crippen LogP) is 9.36. The lowest BCUT2D eigenvalue weighted by molar-refractivity contribution is 0.289. The minimum absolute atomic E-state index is 0.829. The van der Waals surface area contributed by atoms with Gasteiger partial charge in [-0.05, 0) is 80.4 Å². The largest absolute Gasteiger partial charge is 0.256 e. The highest BCUT2D eigenvalue weighted by atomic mass is 14.7. The second-order valence-corrected chi connectivity index (χ2v) is 9.95. The maximum absolute atomic E-state index is 4.70. The van der Waals surface area contributed by atoms with Crippen molar-refractivity contribution in [2.45, 2.75) is 104 Å². The second-order valence-electron chi connectivity index (χ2n) is 9.95. The van der Waals surface area contributed by atoms with Crippen LogP contribution in [0.1, 0.15) is 102 Å². The van der Waals surface area contributed by atoms with Gasteiger partial charge in [0.2, 0.25) is 0 Å². The summed E-state index contributed by atoms with van der Waals surface area (Å²) in [7, 11) is 0. The van der Waals surface area contributed by atoms with Gasteiger partial charge in [0.15, 0.2) is 0 Å². The number of aromatic nitrogens is 1. The lowest BCUT2D eigenvalue weighted by Crippen LogP contribution is -2.13. The molecule has 1 aromatic carbocycles. The summed E-state index contributed by atoms with van der Waals surface area (Å²) in [5.74, 6) is 1.84. The van der Waals surface area contributed by atoms with E-state index in [0.717, 1.165) is 36.8 Å². The van der Waals surface area contributed by atoms with Crippen molar-refractivity contribution in [2.75, 3.05) is 0 Å². The minimum Gasteiger partial charge on any atom is -0.256 e. The average Bonchev–Trinajstić information content (AvgIpc) is 2.84. The van der Waals surface area contributed by atoms with E-state index >= 15 is 0 Å². The highest BCUT2D eigenvalue weighted by Gasteiger charge is 2.18. The molecular formula is C31H45N. The molecule has 0 amide bonds. The lowest BCUT2D eigenvalue weighted by Gasteiger charge is -2.26. The van der Waals surface area contributed by atoms with Crippen LogP contribution < -0.4 is 0 Å². The predicted molar refractivity (Wildman–Crippen MR) is 140 cm³/mol. The number of rotatable bonds is 13. The molecule has 0 atom stereocenters. The molecule has 174 valence electrons. The zero-order valence-corrected chi connectivity index (χ0v) is 20.7. The van der Waals surface area contributed by atoms with Crippen molar-refractivity contribution in [2.24, 2.45) is 11.8 Å². The number of hydrogen-bond acceptors (Lipinski definition) is 1. The molecule has 1 saturated carbocycles. The van der Waals surface area contributed by atoms with E-state index in [1.807, 2.05) is 0 Å². The van der Waals surface area contributed by atoms with Crippen LogP contribution in [0.3, 0.4) is 0 Å². The third-order valence-corrected chi connectivity index (χ3v) is 7.26. The standard InChI is InChI=1S/C31H45N/c1-3-5-7-11-26-15-17-27(18-16-26)12-9-10-13-28-19-22-30(23-20-28)31-24-21-29(25-32-31)14-8-6-4-2/h9,12,19-27H,3-8,10-11,13-18H2,1-2H3/t26-,27-. The van der Waals surface area contributed by atoms with E-state index < -0.39 is 0 Å². The van der Waals surface area contributed by atoms with Crippen LogP contribution in [0.25, 0.3) is 11.3 Å². The fourth-order valence-corrected chi connectivity index (χ4v) is 5.06. The zero-order chi connectivity index (χ0) is 22.4. The number of nitrogens with zero attached hydrogens (tertiary/aromatic N) is 1. The maximum Gasteiger partial charge on any atom is 0.0702 e. The first-order valence-corrected chi connectivity index (χ1v) is 13.5. The van der Waals surface area contributed by atoms with Crippen LogP contribution in [0, 0.1) is 11.8 Å². The summed E-state index contributed by atoms with van der Waals surface area (Å²) < 4.78 is 0. The molecule has 32 heavy (non-hydrogen) atoms. The van der Waals surface area contributed by atoms with Gasteiger partial charge in [-0.15, -0.1) is 0 Å². The molecule has 0 saturated heterocycles. The van der Waals surface area contributed by atoms with Crippen LogP contribution in [0.4, 0.5) is 0 Å². The molecule has 0 unspecified atom stereocenters. The molecule has 1 aliphatic rings. The van der Waals surface area contributed by atoms with Crippen molar-refractivity contribution in [1.82, 2.24) is 4.98 Å². The number of pyridine rings is 1. The van der Waals surface area contributed by atoms with Gasteiger partial charge in [-0.2, -0.15) is 0 Å². The Bertz CT molecular complexity index is 763. The second kappa shape index (κ2) is 14.3. The molecule has 0 aliphatic heterocycles. The molecule has 0 spiro atoms. The summed E-state index contributed by atoms with van der Waals surface area (Å²) in [6, 6.07) is 13.5. The van der Waals surface area contributed by atoms with Crippen LogP contribution in [0.2, 0.25) is 0 Å². The average molecular weight is 432 g/mol. The Morgan fingerprint density at radius 1 is 0.781 bits per heavy atom. The van der Waals surface area contributed by atoms with Crippen molar-refractivity contribution in [3.05, 3.63) is 65.9 Å². The number of unbranched alkanes of at least 4 members (excludes halogenated alkanes) is 4. The Hall–Kier alpha value is -1.89. The number of aryl methyl sites for hydroxylation is 2. The summed E-state index contributed by atoms with van der Waals surface area (Å²) in [5.41, 5.74) is 5.09. The first-order chi connectivity index (χ1) is 15.8. The molecule has 0 bridgehead atoms. The first kappa shape index (κ1) is 24.7. The van der Waals surface area contributed by atoms with E-state index in [9.17, 15) is 0 Å². The normalized spacial score (nSPS) is 18.9. The quantitative estimate of drug-likeness (QED) is 0.227. The number of benzene rings is 1. The van der Waals surface area contributed by atoms with Crippen molar-refractivity contribution >= 4 is 0 Å². The highest BCUT2D eigenvalue weighted by molar-refractivity contribution is 5.59. The Kier molecular flexibility index (Phi) is 11.1. The Labute approximate surface area is 197 Å². The van der Waals surface area contributed by atoms with E-state index in [2.05, 4.69) is 68.6 Å². The molecule has 1 aliphatic carbocycles. The van der Waals surface area contributed by atoms with Gasteiger partial charge >= 0.3 is 0 Å². The Balaban J connectivity index is 1.37. The molecule has 2 aromatic rings. The van der Waals surface area contributed by atoms with Gasteiger partial charge in [-0.25, -0.2) is 0 Å². The molecule has 3 rings (SSSR count). The molecule has 1 heterocycles. The van der Waals surface area contributed by atoms with E-state index in [-0.39, 0.29) is 0 Å². The molecule has 0 radical (unpaired) electrons. The Morgan fingerprint density at radius 3 is 2.19 bits per heavy atom. The molecule has 1 heteroatoms. The smallest absolute Gasteiger partial charge is 0.0702 e. The van der Waals surface area contributed by atoms with Gasteiger partial charge in [-0.1, -0.05) is 94.9 Å². The zero-order valence-electron chi connectivity index (χ0n) is 20.7. The van der Waals surface area contributed by atoms with Gasteiger partial charge in [0.05, 0.1) is 5.69 Å². The SMILES string of the molecule is CCCCCc1ccc(-c2ccc(CCC=C[C@H]3CC[C@H](CCCCC)CC3)cc2)nc1. The van der Waals surface area contributed by atoms with Crippen LogP contribution >= 0.6 is 0 Å². The third-order valence-electron chi connectivity index (χ3n) is 7.26. The highest BCUT2D eigenvalue weighted by Crippen LogP contribution is 2.32. The van der Waals surface area contributed by atoms with Crippen molar-refractivity contribution in [1.29, 1.82) is 0 Å². The molecule has 1 nitrogen and oxygen atoms in total. The molecular weight excluding hydrogens is 386 g/mol. The molecule has 0 N–H and O–H groups in total. The van der Waals surface area contributed by atoms with Gasteiger partial charge in [0.25, 0.3) is 0 Å². The molecule has 1 fully saturated rings. The van der Waals surface area contributed by atoms with Crippen LogP contribution in [-0.2, 0) is 12.8 Å². The minimum atomic E-state index is 0.829. The summed E-state index contributed by atoms with van der Waals surface area (Å²) in [6.07, 6.45) is 25.7. The summed E-state index contributed by atoms with van der Waals surface area (Å²) in [4.78, 5) is 4.70. The van der Waals surface area contributed by atoms with E-state index in [1.54, 1.807) is 0 Å². The number of allylic oxidation sites excluding steroid dienone is 2. The first-order valence-electron chi connectivity index (χ1n) is 13.5.